The first kappa shape index (κ1) is 24.3. The van der Waals surface area contributed by atoms with Crippen molar-refractivity contribution < 1.29 is 9.13 Å². The molecule has 2 N–H and O–H groups in total. The molecule has 1 aromatic carbocycles. The van der Waals surface area contributed by atoms with Crippen LogP contribution in [0.2, 0.25) is 0 Å². The van der Waals surface area contributed by atoms with Crippen LogP contribution >= 0.6 is 24.0 Å². The predicted octanol–water partition coefficient (Wildman–Crippen LogP) is 3.74. The Bertz CT molecular complexity index is 814. The molecule has 0 radical (unpaired) electrons. The number of hydrogen-bond donors (Lipinski definition) is 2. The van der Waals surface area contributed by atoms with Crippen molar-refractivity contribution in [3.8, 4) is 5.75 Å². The van der Waals surface area contributed by atoms with Crippen LogP contribution in [0.25, 0.3) is 0 Å². The van der Waals surface area contributed by atoms with E-state index in [-0.39, 0.29) is 42.4 Å². The summed E-state index contributed by atoms with van der Waals surface area (Å²) < 4.78 is 19.3. The van der Waals surface area contributed by atoms with Gasteiger partial charge in [-0.3, -0.25) is 9.88 Å². The van der Waals surface area contributed by atoms with Crippen molar-refractivity contribution in [1.82, 2.24) is 20.5 Å². The molecule has 30 heavy (non-hydrogen) atoms. The molecule has 0 saturated carbocycles. The van der Waals surface area contributed by atoms with Crippen LogP contribution in [0.1, 0.15) is 37.1 Å². The Labute approximate surface area is 195 Å². The zero-order chi connectivity index (χ0) is 20.5. The van der Waals surface area contributed by atoms with Gasteiger partial charge < -0.3 is 15.4 Å². The van der Waals surface area contributed by atoms with E-state index in [1.165, 1.54) is 24.5 Å². The van der Waals surface area contributed by atoms with Gasteiger partial charge in [-0.05, 0) is 62.7 Å². The number of nitrogens with one attached hydrogen (secondary N) is 2. The van der Waals surface area contributed by atoms with E-state index in [2.05, 4.69) is 37.6 Å². The van der Waals surface area contributed by atoms with E-state index in [1.807, 2.05) is 19.1 Å². The van der Waals surface area contributed by atoms with Gasteiger partial charge in [0.25, 0.3) is 0 Å². The maximum atomic E-state index is 13.8. The summed E-state index contributed by atoms with van der Waals surface area (Å²) in [5.41, 5.74) is 1.55. The lowest BCUT2D eigenvalue weighted by atomic mass is 10.1. The Morgan fingerprint density at radius 1 is 1.23 bits per heavy atom. The smallest absolute Gasteiger partial charge is 0.191 e. The predicted molar refractivity (Wildman–Crippen MR) is 129 cm³/mol. The van der Waals surface area contributed by atoms with E-state index < -0.39 is 0 Å². The maximum absolute atomic E-state index is 13.8. The molecule has 1 unspecified atom stereocenters. The monoisotopic (exact) mass is 527 g/mol. The molecule has 1 fully saturated rings. The lowest BCUT2D eigenvalue weighted by molar-refractivity contribution is 0.245. The van der Waals surface area contributed by atoms with Gasteiger partial charge in [0.2, 0.25) is 0 Å². The van der Waals surface area contributed by atoms with Gasteiger partial charge in [0.15, 0.2) is 5.96 Å². The number of halogens is 2. The van der Waals surface area contributed by atoms with Crippen molar-refractivity contribution in [2.75, 3.05) is 33.3 Å². The highest BCUT2D eigenvalue weighted by molar-refractivity contribution is 14.0. The van der Waals surface area contributed by atoms with Crippen LogP contribution in [0.3, 0.4) is 0 Å². The van der Waals surface area contributed by atoms with Gasteiger partial charge in [0.1, 0.15) is 11.6 Å². The molecule has 164 valence electrons. The van der Waals surface area contributed by atoms with Crippen molar-refractivity contribution in [2.24, 2.45) is 4.99 Å². The van der Waals surface area contributed by atoms with Crippen molar-refractivity contribution in [1.29, 1.82) is 0 Å². The minimum Gasteiger partial charge on any atom is -0.497 e. The topological polar surface area (TPSA) is 61.8 Å². The molecule has 1 saturated heterocycles. The van der Waals surface area contributed by atoms with E-state index in [1.54, 1.807) is 19.4 Å². The lowest BCUT2D eigenvalue weighted by Gasteiger charge is -2.29. The quantitative estimate of drug-likeness (QED) is 0.311. The number of nitrogens with zero attached hydrogens (tertiary/aromatic N) is 3. The summed E-state index contributed by atoms with van der Waals surface area (Å²) in [7, 11) is 1.69. The summed E-state index contributed by atoms with van der Waals surface area (Å²) in [5.74, 6) is 1.18. The molecule has 3 rings (SSSR count). The average molecular weight is 527 g/mol. The zero-order valence-electron chi connectivity index (χ0n) is 17.6. The van der Waals surface area contributed by atoms with Crippen molar-refractivity contribution >= 4 is 29.9 Å². The molecule has 2 heterocycles. The molecule has 0 amide bonds. The number of methoxy groups -OCH3 is 1. The van der Waals surface area contributed by atoms with E-state index >= 15 is 0 Å². The first-order valence-corrected chi connectivity index (χ1v) is 10.2. The molecule has 1 aliphatic rings. The van der Waals surface area contributed by atoms with Crippen LogP contribution in [-0.4, -0.2) is 49.1 Å². The zero-order valence-corrected chi connectivity index (χ0v) is 19.9. The number of likely N-dealkylation sites (tertiary alicyclic amines) is 1. The van der Waals surface area contributed by atoms with Gasteiger partial charge in [0, 0.05) is 19.3 Å². The van der Waals surface area contributed by atoms with Crippen LogP contribution in [0.4, 0.5) is 4.39 Å². The fraction of sp³-hybridized carbons (Fsp3) is 0.455. The molecule has 6 nitrogen and oxygen atoms in total. The number of rotatable bonds is 8. The van der Waals surface area contributed by atoms with Gasteiger partial charge in [-0.25, -0.2) is 9.38 Å². The van der Waals surface area contributed by atoms with Crippen LogP contribution in [-0.2, 0) is 6.54 Å². The minimum absolute atomic E-state index is 0. The molecule has 2 aromatic rings. The van der Waals surface area contributed by atoms with Gasteiger partial charge in [0.05, 0.1) is 25.4 Å². The van der Waals surface area contributed by atoms with Gasteiger partial charge in [-0.15, -0.1) is 24.0 Å². The number of pyridine rings is 1. The number of benzene rings is 1. The van der Waals surface area contributed by atoms with E-state index in [0.29, 0.717) is 18.2 Å². The second kappa shape index (κ2) is 12.7. The molecule has 0 spiro atoms. The maximum Gasteiger partial charge on any atom is 0.191 e. The molecule has 1 aliphatic heterocycles. The Morgan fingerprint density at radius 2 is 2.03 bits per heavy atom. The van der Waals surface area contributed by atoms with Crippen LogP contribution in [0, 0.1) is 5.82 Å². The lowest BCUT2D eigenvalue weighted by Crippen LogP contribution is -2.42. The fourth-order valence-electron chi connectivity index (χ4n) is 3.58. The summed E-state index contributed by atoms with van der Waals surface area (Å²) in [5, 5.41) is 6.67. The number of aliphatic imine (C=N–C) groups is 1. The summed E-state index contributed by atoms with van der Waals surface area (Å²) in [6, 6.07) is 11.4. The Kier molecular flexibility index (Phi) is 10.3. The van der Waals surface area contributed by atoms with Crippen LogP contribution < -0.4 is 15.4 Å². The van der Waals surface area contributed by atoms with Crippen molar-refractivity contribution in [2.45, 2.75) is 32.4 Å². The summed E-state index contributed by atoms with van der Waals surface area (Å²) in [6.07, 6.45) is 4.02. The molecule has 8 heteroatoms. The molecular formula is C22H31FIN5O. The van der Waals surface area contributed by atoms with Crippen LogP contribution in [0.15, 0.2) is 47.6 Å². The van der Waals surface area contributed by atoms with Gasteiger partial charge in [-0.2, -0.15) is 0 Å². The molecule has 0 aliphatic carbocycles. The third kappa shape index (κ3) is 6.80. The fourth-order valence-corrected chi connectivity index (χ4v) is 3.58. The molecule has 0 bridgehead atoms. The van der Waals surface area contributed by atoms with Crippen LogP contribution in [0.5, 0.6) is 5.75 Å². The Hall–Kier alpha value is -1.94. The average Bonchev–Trinajstić information content (AvgIpc) is 3.28. The Morgan fingerprint density at radius 3 is 2.73 bits per heavy atom. The number of hydrogen-bond acceptors (Lipinski definition) is 4. The number of aromatic nitrogens is 1. The van der Waals surface area contributed by atoms with E-state index in [0.717, 1.165) is 25.4 Å². The third-order valence-corrected chi connectivity index (χ3v) is 5.09. The minimum atomic E-state index is -0.335. The highest BCUT2D eigenvalue weighted by Crippen LogP contribution is 2.27. The molecule has 1 aromatic heterocycles. The second-order valence-corrected chi connectivity index (χ2v) is 7.04. The summed E-state index contributed by atoms with van der Waals surface area (Å²) >= 11 is 0. The first-order chi connectivity index (χ1) is 14.2. The highest BCUT2D eigenvalue weighted by Gasteiger charge is 2.24. The molecule has 1 atom stereocenters. The second-order valence-electron chi connectivity index (χ2n) is 7.04. The first-order valence-electron chi connectivity index (χ1n) is 10.2. The largest absolute Gasteiger partial charge is 0.497 e. The SMILES string of the molecule is CCNC(=NCc1ncccc1F)NCC(c1cccc(OC)c1)N1CCCC1.I. The highest BCUT2D eigenvalue weighted by atomic mass is 127. The molecular weight excluding hydrogens is 496 g/mol. The van der Waals surface area contributed by atoms with E-state index in [9.17, 15) is 4.39 Å². The normalized spacial score (nSPS) is 15.4. The summed E-state index contributed by atoms with van der Waals surface area (Å²) in [4.78, 5) is 11.1. The van der Waals surface area contributed by atoms with Crippen molar-refractivity contribution in [3.63, 3.8) is 0 Å². The van der Waals surface area contributed by atoms with E-state index in [4.69, 9.17) is 4.74 Å². The van der Waals surface area contributed by atoms with Gasteiger partial charge in [-0.1, -0.05) is 12.1 Å². The third-order valence-electron chi connectivity index (χ3n) is 5.09. The van der Waals surface area contributed by atoms with Crippen molar-refractivity contribution in [3.05, 3.63) is 59.7 Å². The Balaban J connectivity index is 0.00000320. The standard InChI is InChI=1S/C22H30FN5O.HI/c1-3-24-22(26-15-20-19(23)10-7-11-25-20)27-16-21(28-12-4-5-13-28)17-8-6-9-18(14-17)29-2;/h6-11,14,21H,3-5,12-13,15-16H2,1-2H3,(H2,24,26,27);1H. The number of guanidine groups is 1. The summed E-state index contributed by atoms with van der Waals surface area (Å²) in [6.45, 7) is 5.79. The van der Waals surface area contributed by atoms with Gasteiger partial charge >= 0.3 is 0 Å². The number of ether oxygens (including phenoxy) is 1.